The molecule has 0 aromatic rings. The lowest BCUT2D eigenvalue weighted by molar-refractivity contribution is -0.140. The van der Waals surface area contributed by atoms with Gasteiger partial charge < -0.3 is 20.8 Å². The van der Waals surface area contributed by atoms with Crippen molar-refractivity contribution in [2.24, 2.45) is 5.92 Å². The minimum atomic E-state index is -1.24. The molecule has 0 aromatic heterocycles. The first-order valence-electron chi connectivity index (χ1n) is 6.83. The van der Waals surface area contributed by atoms with E-state index in [4.69, 9.17) is 10.2 Å². The molecule has 7 nitrogen and oxygen atoms in total. The van der Waals surface area contributed by atoms with Crippen LogP contribution in [-0.2, 0) is 9.59 Å². The van der Waals surface area contributed by atoms with Gasteiger partial charge in [0.2, 0.25) is 0 Å². The predicted octanol–water partition coefficient (Wildman–Crippen LogP) is 1.43. The molecule has 0 rings (SSSR count). The van der Waals surface area contributed by atoms with Crippen molar-refractivity contribution >= 4 is 18.0 Å². The first kappa shape index (κ1) is 18.2. The third-order valence-electron chi connectivity index (χ3n) is 3.36. The van der Waals surface area contributed by atoms with Crippen LogP contribution in [-0.4, -0.2) is 40.3 Å². The smallest absolute Gasteiger partial charge is 0.326 e. The highest BCUT2D eigenvalue weighted by atomic mass is 16.4. The zero-order chi connectivity index (χ0) is 15.7. The highest BCUT2D eigenvalue weighted by Gasteiger charge is 2.22. The summed E-state index contributed by atoms with van der Waals surface area (Å²) in [4.78, 5) is 33.1. The molecule has 116 valence electrons. The fourth-order valence-electron chi connectivity index (χ4n) is 2.05. The lowest BCUT2D eigenvalue weighted by Gasteiger charge is -2.23. The van der Waals surface area contributed by atoms with Crippen molar-refractivity contribution in [3.8, 4) is 0 Å². The quantitative estimate of drug-likeness (QED) is 0.512. The van der Waals surface area contributed by atoms with Gasteiger partial charge in [0.1, 0.15) is 6.04 Å². The number of hydrogen-bond donors (Lipinski definition) is 4. The minimum Gasteiger partial charge on any atom is -0.481 e. The van der Waals surface area contributed by atoms with Gasteiger partial charge in [0, 0.05) is 12.5 Å². The van der Waals surface area contributed by atoms with E-state index in [0.717, 1.165) is 12.8 Å². The van der Waals surface area contributed by atoms with Crippen LogP contribution in [0.4, 0.5) is 4.79 Å². The number of urea groups is 1. The molecule has 0 fully saturated rings. The van der Waals surface area contributed by atoms with E-state index in [9.17, 15) is 14.4 Å². The minimum absolute atomic E-state index is 0.0704. The van der Waals surface area contributed by atoms with Gasteiger partial charge in [0.25, 0.3) is 0 Å². The van der Waals surface area contributed by atoms with Gasteiger partial charge in [-0.05, 0) is 19.3 Å². The van der Waals surface area contributed by atoms with Crippen LogP contribution in [0.3, 0.4) is 0 Å². The lowest BCUT2D eigenvalue weighted by atomic mass is 9.96. The SMILES string of the molecule is CCC(CC)C(C)NC(=O)N[C@@H](CCC(=O)O)C(=O)O. The van der Waals surface area contributed by atoms with E-state index in [-0.39, 0.29) is 18.9 Å². The summed E-state index contributed by atoms with van der Waals surface area (Å²) in [5.74, 6) is -2.01. The Hall–Kier alpha value is -1.79. The van der Waals surface area contributed by atoms with Crippen LogP contribution < -0.4 is 10.6 Å². The second-order valence-corrected chi connectivity index (χ2v) is 4.81. The third-order valence-corrected chi connectivity index (χ3v) is 3.36. The number of rotatable bonds is 9. The fourth-order valence-corrected chi connectivity index (χ4v) is 2.05. The van der Waals surface area contributed by atoms with E-state index in [0.29, 0.717) is 5.92 Å². The number of amides is 2. The lowest BCUT2D eigenvalue weighted by Crippen LogP contribution is -2.50. The summed E-state index contributed by atoms with van der Waals surface area (Å²) in [6.07, 6.45) is 1.38. The Morgan fingerprint density at radius 1 is 1.05 bits per heavy atom. The molecule has 0 aromatic carbocycles. The number of carbonyl (C=O) groups is 3. The summed E-state index contributed by atoms with van der Waals surface area (Å²) in [5.41, 5.74) is 0. The molecule has 2 atom stereocenters. The summed E-state index contributed by atoms with van der Waals surface area (Å²) in [6.45, 7) is 5.92. The molecular weight excluding hydrogens is 264 g/mol. The first-order chi connectivity index (χ1) is 9.31. The number of carboxylic acid groups (broad SMARTS) is 2. The molecule has 0 aliphatic carbocycles. The molecule has 2 amide bonds. The topological polar surface area (TPSA) is 116 Å². The first-order valence-corrected chi connectivity index (χ1v) is 6.83. The van der Waals surface area contributed by atoms with Gasteiger partial charge in [-0.15, -0.1) is 0 Å². The van der Waals surface area contributed by atoms with E-state index in [1.54, 1.807) is 0 Å². The number of carbonyl (C=O) groups excluding carboxylic acids is 1. The maximum absolute atomic E-state index is 11.7. The molecule has 20 heavy (non-hydrogen) atoms. The van der Waals surface area contributed by atoms with Crippen molar-refractivity contribution in [1.29, 1.82) is 0 Å². The zero-order valence-corrected chi connectivity index (χ0v) is 12.2. The van der Waals surface area contributed by atoms with Crippen molar-refractivity contribution < 1.29 is 24.6 Å². The van der Waals surface area contributed by atoms with E-state index >= 15 is 0 Å². The summed E-state index contributed by atoms with van der Waals surface area (Å²) in [7, 11) is 0. The van der Waals surface area contributed by atoms with Crippen molar-refractivity contribution in [2.75, 3.05) is 0 Å². The third kappa shape index (κ3) is 6.96. The highest BCUT2D eigenvalue weighted by molar-refractivity contribution is 5.83. The molecule has 4 N–H and O–H groups in total. The molecule has 0 saturated heterocycles. The Morgan fingerprint density at radius 2 is 1.60 bits per heavy atom. The van der Waals surface area contributed by atoms with Crippen LogP contribution >= 0.6 is 0 Å². The van der Waals surface area contributed by atoms with Gasteiger partial charge in [-0.1, -0.05) is 26.7 Å². The van der Waals surface area contributed by atoms with Gasteiger partial charge in [0.15, 0.2) is 0 Å². The average molecular weight is 288 g/mol. The molecule has 7 heteroatoms. The standard InChI is InChI=1S/C13H24N2O5/c1-4-9(5-2)8(3)14-13(20)15-10(12(18)19)6-7-11(16)17/h8-10H,4-7H2,1-3H3,(H,16,17)(H,18,19)(H2,14,15,20)/t8?,10-/m0/s1. The van der Waals surface area contributed by atoms with Crippen LogP contribution in [0.25, 0.3) is 0 Å². The molecular formula is C13H24N2O5. The van der Waals surface area contributed by atoms with Crippen molar-refractivity contribution in [3.63, 3.8) is 0 Å². The molecule has 0 aliphatic heterocycles. The summed E-state index contributed by atoms with van der Waals surface area (Å²) in [5, 5.41) is 22.5. The molecule has 0 bridgehead atoms. The molecule has 0 heterocycles. The van der Waals surface area contributed by atoms with E-state index < -0.39 is 24.0 Å². The Balaban J connectivity index is 4.38. The van der Waals surface area contributed by atoms with Crippen LogP contribution in [0.1, 0.15) is 46.5 Å². The van der Waals surface area contributed by atoms with E-state index in [1.165, 1.54) is 0 Å². The zero-order valence-electron chi connectivity index (χ0n) is 12.2. The Morgan fingerprint density at radius 3 is 2.00 bits per heavy atom. The van der Waals surface area contributed by atoms with Gasteiger partial charge in [-0.3, -0.25) is 4.79 Å². The molecule has 0 aliphatic rings. The van der Waals surface area contributed by atoms with Gasteiger partial charge >= 0.3 is 18.0 Å². The molecule has 0 spiro atoms. The number of nitrogens with one attached hydrogen (secondary N) is 2. The maximum Gasteiger partial charge on any atom is 0.326 e. The van der Waals surface area contributed by atoms with Crippen molar-refractivity contribution in [1.82, 2.24) is 10.6 Å². The fraction of sp³-hybridized carbons (Fsp3) is 0.769. The summed E-state index contributed by atoms with van der Waals surface area (Å²) < 4.78 is 0. The maximum atomic E-state index is 11.7. The molecule has 0 saturated carbocycles. The molecule has 1 unspecified atom stereocenters. The second kappa shape index (κ2) is 9.17. The Kier molecular flexibility index (Phi) is 8.35. The summed E-state index contributed by atoms with van der Waals surface area (Å²) in [6, 6.07) is -1.85. The second-order valence-electron chi connectivity index (χ2n) is 4.81. The molecule has 0 radical (unpaired) electrons. The number of hydrogen-bond acceptors (Lipinski definition) is 3. The number of aliphatic carboxylic acids is 2. The van der Waals surface area contributed by atoms with Crippen molar-refractivity contribution in [2.45, 2.75) is 58.5 Å². The van der Waals surface area contributed by atoms with Crippen molar-refractivity contribution in [3.05, 3.63) is 0 Å². The van der Waals surface area contributed by atoms with E-state index in [2.05, 4.69) is 10.6 Å². The Bertz CT molecular complexity index is 342. The van der Waals surface area contributed by atoms with Crippen LogP contribution in [0.15, 0.2) is 0 Å². The van der Waals surface area contributed by atoms with Gasteiger partial charge in [0.05, 0.1) is 0 Å². The summed E-state index contributed by atoms with van der Waals surface area (Å²) >= 11 is 0. The van der Waals surface area contributed by atoms with Crippen LogP contribution in [0.2, 0.25) is 0 Å². The van der Waals surface area contributed by atoms with Gasteiger partial charge in [-0.25, -0.2) is 9.59 Å². The average Bonchev–Trinajstić information content (AvgIpc) is 2.35. The van der Waals surface area contributed by atoms with E-state index in [1.807, 2.05) is 20.8 Å². The largest absolute Gasteiger partial charge is 0.481 e. The van der Waals surface area contributed by atoms with Crippen LogP contribution in [0.5, 0.6) is 0 Å². The monoisotopic (exact) mass is 288 g/mol. The highest BCUT2D eigenvalue weighted by Crippen LogP contribution is 2.12. The normalized spacial score (nSPS) is 13.6. The predicted molar refractivity (Wildman–Crippen MR) is 73.5 cm³/mol. The number of carboxylic acids is 2. The van der Waals surface area contributed by atoms with Crippen LogP contribution in [0, 0.1) is 5.92 Å². The van der Waals surface area contributed by atoms with Gasteiger partial charge in [-0.2, -0.15) is 0 Å². The Labute approximate surface area is 118 Å².